The molecule has 2 fully saturated rings. The fourth-order valence-electron chi connectivity index (χ4n) is 4.30. The minimum Gasteiger partial charge on any atom is -0.381 e. The lowest BCUT2D eigenvalue weighted by Crippen LogP contribution is -2.54. The molecule has 0 saturated carbocycles. The first-order valence-electron chi connectivity index (χ1n) is 12.1. The second-order valence-corrected chi connectivity index (χ2v) is 9.35. The maximum absolute atomic E-state index is 6.08. The first-order valence-corrected chi connectivity index (χ1v) is 12.1. The van der Waals surface area contributed by atoms with Crippen molar-refractivity contribution in [1.29, 1.82) is 0 Å². The Bertz CT molecular complexity index is 686. The van der Waals surface area contributed by atoms with Crippen molar-refractivity contribution in [2.45, 2.75) is 77.7 Å². The van der Waals surface area contributed by atoms with Crippen LogP contribution in [0.25, 0.3) is 0 Å². The van der Waals surface area contributed by atoms with Crippen molar-refractivity contribution < 1.29 is 9.47 Å². The molecule has 0 aromatic heterocycles. The number of piperidine rings is 1. The van der Waals surface area contributed by atoms with Crippen LogP contribution in [0.2, 0.25) is 0 Å². The zero-order chi connectivity index (χ0) is 21.9. The van der Waals surface area contributed by atoms with E-state index in [0.29, 0.717) is 19.3 Å². The first kappa shape index (κ1) is 27.3. The summed E-state index contributed by atoms with van der Waals surface area (Å²) >= 11 is 0. The Hall–Kier alpha value is -0.900. The van der Waals surface area contributed by atoms with Gasteiger partial charge in [-0.05, 0) is 70.7 Å². The molecular weight excluding hydrogens is 515 g/mol. The maximum Gasteiger partial charge on any atom is 0.191 e. The number of rotatable bonds is 9. The van der Waals surface area contributed by atoms with E-state index < -0.39 is 0 Å². The Labute approximate surface area is 211 Å². The van der Waals surface area contributed by atoms with Gasteiger partial charge in [0.1, 0.15) is 0 Å². The van der Waals surface area contributed by atoms with E-state index in [1.54, 1.807) is 0 Å². The summed E-state index contributed by atoms with van der Waals surface area (Å²) in [4.78, 5) is 7.45. The number of benzene rings is 1. The molecule has 0 bridgehead atoms. The zero-order valence-corrected chi connectivity index (χ0v) is 22.5. The van der Waals surface area contributed by atoms with Crippen LogP contribution in [0.15, 0.2) is 29.3 Å². The first-order chi connectivity index (χ1) is 15.1. The summed E-state index contributed by atoms with van der Waals surface area (Å²) in [5.41, 5.74) is 2.54. The van der Waals surface area contributed by atoms with Gasteiger partial charge in [-0.15, -0.1) is 24.0 Å². The topological polar surface area (TPSA) is 58.1 Å². The van der Waals surface area contributed by atoms with Gasteiger partial charge in [-0.25, -0.2) is 4.99 Å². The molecule has 2 aliphatic heterocycles. The third-order valence-electron chi connectivity index (χ3n) is 6.31. The Kier molecular flexibility index (Phi) is 12.3. The number of hydrogen-bond donors (Lipinski definition) is 2. The highest BCUT2D eigenvalue weighted by Gasteiger charge is 2.27. The molecule has 0 atom stereocenters. The molecule has 0 spiro atoms. The number of hydrogen-bond acceptors (Lipinski definition) is 4. The third kappa shape index (κ3) is 9.15. The maximum atomic E-state index is 6.08. The predicted octanol–water partition coefficient (Wildman–Crippen LogP) is 4.32. The number of nitrogens with zero attached hydrogens (tertiary/aromatic N) is 2. The SMILES string of the molecule is CCNC(=NCc1cccc(COC2CCOCC2)c1)NCC(C)(C)N1CCCCC1.I. The molecule has 0 unspecified atom stereocenters. The average molecular weight is 559 g/mol. The molecule has 3 rings (SSSR count). The van der Waals surface area contributed by atoms with Crippen molar-refractivity contribution in [2.24, 2.45) is 4.99 Å². The smallest absolute Gasteiger partial charge is 0.191 e. The summed E-state index contributed by atoms with van der Waals surface area (Å²) in [5, 5.41) is 6.97. The fourth-order valence-corrected chi connectivity index (χ4v) is 4.30. The van der Waals surface area contributed by atoms with Crippen molar-refractivity contribution >= 4 is 29.9 Å². The van der Waals surface area contributed by atoms with Crippen LogP contribution in [0.1, 0.15) is 64.0 Å². The van der Waals surface area contributed by atoms with Crippen LogP contribution in [-0.2, 0) is 22.6 Å². The molecule has 6 nitrogen and oxygen atoms in total. The van der Waals surface area contributed by atoms with E-state index >= 15 is 0 Å². The van der Waals surface area contributed by atoms with Crippen LogP contribution in [0.5, 0.6) is 0 Å². The molecule has 1 aromatic rings. The Balaban J connectivity index is 0.00000363. The summed E-state index contributed by atoms with van der Waals surface area (Å²) in [6, 6.07) is 8.59. The second kappa shape index (κ2) is 14.4. The molecule has 2 saturated heterocycles. The minimum absolute atomic E-state index is 0. The molecular formula is C25H43IN4O2. The van der Waals surface area contributed by atoms with E-state index in [-0.39, 0.29) is 29.5 Å². The minimum atomic E-state index is 0. The highest BCUT2D eigenvalue weighted by atomic mass is 127. The van der Waals surface area contributed by atoms with Gasteiger partial charge in [0.15, 0.2) is 5.96 Å². The highest BCUT2D eigenvalue weighted by Crippen LogP contribution is 2.20. The van der Waals surface area contributed by atoms with E-state index in [9.17, 15) is 0 Å². The number of nitrogens with one attached hydrogen (secondary N) is 2. The van der Waals surface area contributed by atoms with Crippen LogP contribution in [0.4, 0.5) is 0 Å². The van der Waals surface area contributed by atoms with Gasteiger partial charge in [0.2, 0.25) is 0 Å². The van der Waals surface area contributed by atoms with Crippen LogP contribution in [0.3, 0.4) is 0 Å². The summed E-state index contributed by atoms with van der Waals surface area (Å²) in [6.07, 6.45) is 6.30. The number of halogens is 1. The lowest BCUT2D eigenvalue weighted by atomic mass is 9.98. The van der Waals surface area contributed by atoms with Gasteiger partial charge < -0.3 is 20.1 Å². The molecule has 32 heavy (non-hydrogen) atoms. The van der Waals surface area contributed by atoms with Crippen LogP contribution >= 0.6 is 24.0 Å². The van der Waals surface area contributed by atoms with E-state index in [4.69, 9.17) is 14.5 Å². The van der Waals surface area contributed by atoms with E-state index in [0.717, 1.165) is 45.1 Å². The number of likely N-dealkylation sites (tertiary alicyclic amines) is 1. The van der Waals surface area contributed by atoms with Crippen LogP contribution in [-0.4, -0.2) is 61.9 Å². The van der Waals surface area contributed by atoms with Gasteiger partial charge in [0.05, 0.1) is 19.3 Å². The number of ether oxygens (including phenoxy) is 2. The standard InChI is InChI=1S/C25H42N4O2.HI/c1-4-26-24(28-20-25(2,3)29-13-6-5-7-14-29)27-18-21-9-8-10-22(17-21)19-31-23-11-15-30-16-12-23;/h8-10,17,23H,4-7,11-16,18-20H2,1-3H3,(H2,26,27,28);1H. The molecule has 1 aromatic carbocycles. The Morgan fingerprint density at radius 3 is 2.56 bits per heavy atom. The molecule has 7 heteroatoms. The van der Waals surface area contributed by atoms with Crippen LogP contribution in [0, 0.1) is 0 Å². The predicted molar refractivity (Wildman–Crippen MR) is 143 cm³/mol. The summed E-state index contributed by atoms with van der Waals surface area (Å²) in [5.74, 6) is 0.886. The van der Waals surface area contributed by atoms with Crippen molar-refractivity contribution in [1.82, 2.24) is 15.5 Å². The molecule has 0 amide bonds. The fraction of sp³-hybridized carbons (Fsp3) is 0.720. The van der Waals surface area contributed by atoms with Gasteiger partial charge in [-0.1, -0.05) is 30.7 Å². The summed E-state index contributed by atoms with van der Waals surface area (Å²) in [6.45, 7) is 13.9. The largest absolute Gasteiger partial charge is 0.381 e. The van der Waals surface area contributed by atoms with Gasteiger partial charge in [-0.2, -0.15) is 0 Å². The Morgan fingerprint density at radius 1 is 1.12 bits per heavy atom. The van der Waals surface area contributed by atoms with Gasteiger partial charge in [0, 0.05) is 31.8 Å². The second-order valence-electron chi connectivity index (χ2n) is 9.35. The third-order valence-corrected chi connectivity index (χ3v) is 6.31. The number of guanidine groups is 1. The van der Waals surface area contributed by atoms with Crippen molar-refractivity contribution in [3.63, 3.8) is 0 Å². The number of aliphatic imine (C=N–C) groups is 1. The van der Waals surface area contributed by atoms with E-state index in [1.807, 2.05) is 0 Å². The average Bonchev–Trinajstić information content (AvgIpc) is 2.81. The molecule has 0 radical (unpaired) electrons. The normalized spacial score (nSPS) is 18.8. The monoisotopic (exact) mass is 558 g/mol. The van der Waals surface area contributed by atoms with Gasteiger partial charge in [0.25, 0.3) is 0 Å². The lowest BCUT2D eigenvalue weighted by molar-refractivity contribution is -0.0390. The van der Waals surface area contributed by atoms with Gasteiger partial charge in [-0.3, -0.25) is 4.90 Å². The van der Waals surface area contributed by atoms with E-state index in [1.165, 1.54) is 43.5 Å². The zero-order valence-electron chi connectivity index (χ0n) is 20.2. The summed E-state index contributed by atoms with van der Waals surface area (Å²) in [7, 11) is 0. The quantitative estimate of drug-likeness (QED) is 0.269. The van der Waals surface area contributed by atoms with Crippen molar-refractivity contribution in [3.05, 3.63) is 35.4 Å². The van der Waals surface area contributed by atoms with Crippen molar-refractivity contribution in [2.75, 3.05) is 39.4 Å². The van der Waals surface area contributed by atoms with E-state index in [2.05, 4.69) is 60.6 Å². The van der Waals surface area contributed by atoms with Gasteiger partial charge >= 0.3 is 0 Å². The van der Waals surface area contributed by atoms with Crippen LogP contribution < -0.4 is 10.6 Å². The molecule has 0 aliphatic carbocycles. The molecule has 2 N–H and O–H groups in total. The Morgan fingerprint density at radius 2 is 1.84 bits per heavy atom. The molecule has 2 heterocycles. The molecule has 2 aliphatic rings. The van der Waals surface area contributed by atoms with Crippen molar-refractivity contribution in [3.8, 4) is 0 Å². The highest BCUT2D eigenvalue weighted by molar-refractivity contribution is 14.0. The molecule has 182 valence electrons. The lowest BCUT2D eigenvalue weighted by Gasteiger charge is -2.41. The summed E-state index contributed by atoms with van der Waals surface area (Å²) < 4.78 is 11.5.